The first kappa shape index (κ1) is 15.6. The van der Waals surface area contributed by atoms with Crippen molar-refractivity contribution in [1.82, 2.24) is 4.98 Å². The second-order valence-electron chi connectivity index (χ2n) is 4.26. The van der Waals surface area contributed by atoms with Crippen LogP contribution in [-0.2, 0) is 6.54 Å². The van der Waals surface area contributed by atoms with Gasteiger partial charge in [-0.25, -0.2) is 4.98 Å². The highest BCUT2D eigenvalue weighted by Gasteiger charge is 2.08. The third-order valence-electron chi connectivity index (χ3n) is 2.96. The van der Waals surface area contributed by atoms with Gasteiger partial charge in [-0.05, 0) is 48.0 Å². The van der Waals surface area contributed by atoms with Gasteiger partial charge in [0.15, 0.2) is 5.13 Å². The molecule has 1 heterocycles. The molecular formula is C14H17BrClN3S. The zero-order chi connectivity index (χ0) is 14.5. The molecule has 6 heteroatoms. The molecule has 3 nitrogen and oxygen atoms in total. The van der Waals surface area contributed by atoms with Crippen molar-refractivity contribution >= 4 is 49.7 Å². The summed E-state index contributed by atoms with van der Waals surface area (Å²) in [6.07, 6.45) is 1.93. The zero-order valence-corrected chi connectivity index (χ0v) is 14.6. The smallest absolute Gasteiger partial charge is 0.185 e. The molecule has 0 spiro atoms. The van der Waals surface area contributed by atoms with Gasteiger partial charge in [0.25, 0.3) is 0 Å². The van der Waals surface area contributed by atoms with Crippen LogP contribution in [-0.4, -0.2) is 18.1 Å². The van der Waals surface area contributed by atoms with Crippen LogP contribution >= 0.6 is 38.9 Å². The molecule has 1 aromatic carbocycles. The molecule has 0 atom stereocenters. The van der Waals surface area contributed by atoms with Gasteiger partial charge >= 0.3 is 0 Å². The summed E-state index contributed by atoms with van der Waals surface area (Å²) < 4.78 is 1.01. The van der Waals surface area contributed by atoms with Crippen molar-refractivity contribution in [2.24, 2.45) is 0 Å². The molecule has 0 aliphatic rings. The van der Waals surface area contributed by atoms with Crippen molar-refractivity contribution in [1.29, 1.82) is 0 Å². The Morgan fingerprint density at radius 2 is 2.10 bits per heavy atom. The van der Waals surface area contributed by atoms with E-state index in [0.717, 1.165) is 39.9 Å². The van der Waals surface area contributed by atoms with Crippen molar-refractivity contribution in [3.63, 3.8) is 0 Å². The fraction of sp³-hybridized carbons (Fsp3) is 0.357. The number of aromatic nitrogens is 1. The predicted octanol–water partition coefficient (Wildman–Crippen LogP) is 5.02. The number of anilines is 2. The monoisotopic (exact) mass is 373 g/mol. The third kappa shape index (κ3) is 3.87. The van der Waals surface area contributed by atoms with Gasteiger partial charge in [-0.3, -0.25) is 0 Å². The van der Waals surface area contributed by atoms with E-state index in [1.807, 2.05) is 24.4 Å². The predicted molar refractivity (Wildman–Crippen MR) is 92.2 cm³/mol. The van der Waals surface area contributed by atoms with Gasteiger partial charge < -0.3 is 10.2 Å². The fourth-order valence-corrected chi connectivity index (χ4v) is 3.37. The van der Waals surface area contributed by atoms with Gasteiger partial charge in [-0.1, -0.05) is 11.6 Å². The average molecular weight is 375 g/mol. The first-order chi connectivity index (χ1) is 9.63. The molecule has 0 fully saturated rings. The third-order valence-corrected chi connectivity index (χ3v) is 4.94. The molecule has 108 valence electrons. The van der Waals surface area contributed by atoms with Crippen LogP contribution in [0.2, 0.25) is 5.02 Å². The van der Waals surface area contributed by atoms with Crippen molar-refractivity contribution in [3.05, 3.63) is 38.8 Å². The largest absolute Gasteiger partial charge is 0.379 e. The summed E-state index contributed by atoms with van der Waals surface area (Å²) in [5.74, 6) is 0. The van der Waals surface area contributed by atoms with Crippen LogP contribution in [0.4, 0.5) is 10.8 Å². The highest BCUT2D eigenvalue weighted by atomic mass is 79.9. The molecule has 0 radical (unpaired) electrons. The number of hydrogen-bond acceptors (Lipinski definition) is 4. The summed E-state index contributed by atoms with van der Waals surface area (Å²) in [5, 5.41) is 5.19. The van der Waals surface area contributed by atoms with E-state index in [1.165, 1.54) is 4.88 Å². The molecular weight excluding hydrogens is 358 g/mol. The first-order valence-electron chi connectivity index (χ1n) is 6.52. The maximum absolute atomic E-state index is 6.00. The molecule has 0 saturated heterocycles. The number of halogens is 2. The van der Waals surface area contributed by atoms with Gasteiger partial charge in [0.1, 0.15) is 0 Å². The minimum Gasteiger partial charge on any atom is -0.379 e. The summed E-state index contributed by atoms with van der Waals surface area (Å²) in [6.45, 7) is 7.00. The Hall–Kier alpha value is -0.780. The van der Waals surface area contributed by atoms with Crippen LogP contribution in [0.3, 0.4) is 0 Å². The minimum atomic E-state index is 0.726. The van der Waals surface area contributed by atoms with E-state index in [9.17, 15) is 0 Å². The standard InChI is InChI=1S/C14H17BrClN3S/c1-3-19(4-2)14-18-9-11(20-14)8-17-13-7-10(16)5-6-12(13)15/h5-7,9,17H,3-4,8H2,1-2H3. The van der Waals surface area contributed by atoms with Gasteiger partial charge in [0.2, 0.25) is 0 Å². The molecule has 1 N–H and O–H groups in total. The molecule has 0 unspecified atom stereocenters. The normalized spacial score (nSPS) is 10.6. The number of nitrogens with one attached hydrogen (secondary N) is 1. The molecule has 0 aliphatic carbocycles. The van der Waals surface area contributed by atoms with Crippen LogP contribution < -0.4 is 10.2 Å². The lowest BCUT2D eigenvalue weighted by molar-refractivity contribution is 0.860. The second-order valence-corrected chi connectivity index (χ2v) is 6.64. The lowest BCUT2D eigenvalue weighted by Crippen LogP contribution is -2.21. The van der Waals surface area contributed by atoms with Crippen molar-refractivity contribution in [2.75, 3.05) is 23.3 Å². The summed E-state index contributed by atoms with van der Waals surface area (Å²) in [6, 6.07) is 5.72. The van der Waals surface area contributed by atoms with Crippen molar-refractivity contribution < 1.29 is 0 Å². The Morgan fingerprint density at radius 1 is 1.35 bits per heavy atom. The molecule has 0 amide bonds. The Balaban J connectivity index is 2.02. The summed E-state index contributed by atoms with van der Waals surface area (Å²) >= 11 is 11.2. The molecule has 1 aromatic heterocycles. The van der Waals surface area contributed by atoms with E-state index in [-0.39, 0.29) is 0 Å². The highest BCUT2D eigenvalue weighted by molar-refractivity contribution is 9.10. The van der Waals surface area contributed by atoms with Crippen LogP contribution in [0.5, 0.6) is 0 Å². The summed E-state index contributed by atoms with van der Waals surface area (Å²) in [4.78, 5) is 7.94. The lowest BCUT2D eigenvalue weighted by Gasteiger charge is -2.16. The van der Waals surface area contributed by atoms with Gasteiger partial charge in [0, 0.05) is 33.7 Å². The van der Waals surface area contributed by atoms with E-state index in [2.05, 4.69) is 45.0 Å². The fourth-order valence-electron chi connectivity index (χ4n) is 1.83. The number of rotatable bonds is 6. The highest BCUT2D eigenvalue weighted by Crippen LogP contribution is 2.28. The van der Waals surface area contributed by atoms with E-state index >= 15 is 0 Å². The Kier molecular flexibility index (Phi) is 5.69. The van der Waals surface area contributed by atoms with Crippen LogP contribution in [0.15, 0.2) is 28.9 Å². The Morgan fingerprint density at radius 3 is 2.80 bits per heavy atom. The SMILES string of the molecule is CCN(CC)c1ncc(CNc2cc(Cl)ccc2Br)s1. The van der Waals surface area contributed by atoms with E-state index < -0.39 is 0 Å². The minimum absolute atomic E-state index is 0.726. The van der Waals surface area contributed by atoms with E-state index in [0.29, 0.717) is 0 Å². The summed E-state index contributed by atoms with van der Waals surface area (Å²) in [5.41, 5.74) is 0.996. The maximum atomic E-state index is 6.00. The zero-order valence-electron chi connectivity index (χ0n) is 11.5. The van der Waals surface area contributed by atoms with Crippen molar-refractivity contribution in [2.45, 2.75) is 20.4 Å². The lowest BCUT2D eigenvalue weighted by atomic mass is 10.3. The molecule has 0 aliphatic heterocycles. The Labute approximate surface area is 137 Å². The summed E-state index contributed by atoms with van der Waals surface area (Å²) in [7, 11) is 0. The molecule has 20 heavy (non-hydrogen) atoms. The maximum Gasteiger partial charge on any atom is 0.185 e. The second kappa shape index (κ2) is 7.29. The number of thiazole rings is 1. The van der Waals surface area contributed by atoms with Gasteiger partial charge in [0.05, 0.1) is 12.2 Å². The average Bonchev–Trinajstić information content (AvgIpc) is 2.90. The molecule has 0 saturated carbocycles. The first-order valence-corrected chi connectivity index (χ1v) is 8.51. The van der Waals surface area contributed by atoms with Gasteiger partial charge in [-0.15, -0.1) is 11.3 Å². The Bertz CT molecular complexity index is 569. The molecule has 2 rings (SSSR count). The quantitative estimate of drug-likeness (QED) is 0.769. The number of hydrogen-bond donors (Lipinski definition) is 1. The number of benzene rings is 1. The topological polar surface area (TPSA) is 28.2 Å². The van der Waals surface area contributed by atoms with Crippen molar-refractivity contribution in [3.8, 4) is 0 Å². The van der Waals surface area contributed by atoms with Gasteiger partial charge in [-0.2, -0.15) is 0 Å². The van der Waals surface area contributed by atoms with E-state index in [1.54, 1.807) is 11.3 Å². The van der Waals surface area contributed by atoms with Crippen LogP contribution in [0, 0.1) is 0 Å². The van der Waals surface area contributed by atoms with Crippen LogP contribution in [0.1, 0.15) is 18.7 Å². The molecule has 2 aromatic rings. The van der Waals surface area contributed by atoms with E-state index in [4.69, 9.17) is 11.6 Å². The number of nitrogens with zero attached hydrogens (tertiary/aromatic N) is 2. The molecule has 0 bridgehead atoms. The van der Waals surface area contributed by atoms with Crippen LogP contribution in [0.25, 0.3) is 0 Å².